The van der Waals surface area contributed by atoms with Crippen molar-refractivity contribution in [3.63, 3.8) is 0 Å². The van der Waals surface area contributed by atoms with E-state index >= 15 is 0 Å². The zero-order valence-electron chi connectivity index (χ0n) is 11.8. The van der Waals surface area contributed by atoms with Gasteiger partial charge in [-0.2, -0.15) is 5.26 Å². The average molecular weight is 254 g/mol. The van der Waals surface area contributed by atoms with Gasteiger partial charge in [0, 0.05) is 65.9 Å². The summed E-state index contributed by atoms with van der Waals surface area (Å²) in [6.07, 6.45) is 0.604. The molecule has 0 N–H and O–H groups in total. The highest BCUT2D eigenvalue weighted by molar-refractivity contribution is 4.74. The van der Waals surface area contributed by atoms with E-state index in [1.807, 2.05) is 0 Å². The number of nitriles is 1. The van der Waals surface area contributed by atoms with E-state index in [-0.39, 0.29) is 0 Å². The van der Waals surface area contributed by atoms with Gasteiger partial charge in [-0.05, 0) is 7.05 Å². The zero-order valence-corrected chi connectivity index (χ0v) is 11.8. The molecule has 0 aromatic heterocycles. The second-order valence-corrected chi connectivity index (χ2v) is 4.89. The van der Waals surface area contributed by atoms with Crippen LogP contribution in [-0.2, 0) is 4.74 Å². The standard InChI is InChI=1S/C13H26N4O/c1-15-6-8-17(9-7-15)11-10-16(5-3-4-14)12-13-18-2/h3,5-13H2,1-2H3. The lowest BCUT2D eigenvalue weighted by atomic mass is 10.3. The maximum absolute atomic E-state index is 8.66. The predicted molar refractivity (Wildman–Crippen MR) is 72.5 cm³/mol. The van der Waals surface area contributed by atoms with Gasteiger partial charge in [-0.15, -0.1) is 0 Å². The van der Waals surface area contributed by atoms with Crippen molar-refractivity contribution in [1.29, 1.82) is 5.26 Å². The maximum Gasteiger partial charge on any atom is 0.0635 e. The SMILES string of the molecule is COCCN(CCC#N)CCN1CCN(C)CC1. The Hall–Kier alpha value is -0.670. The molecule has 5 nitrogen and oxygen atoms in total. The number of rotatable bonds is 8. The van der Waals surface area contributed by atoms with E-state index in [1.54, 1.807) is 7.11 Å². The highest BCUT2D eigenvalue weighted by Crippen LogP contribution is 2.00. The van der Waals surface area contributed by atoms with Crippen molar-refractivity contribution in [3.05, 3.63) is 0 Å². The number of ether oxygens (including phenoxy) is 1. The molecule has 0 spiro atoms. The van der Waals surface area contributed by atoms with Crippen molar-refractivity contribution in [2.24, 2.45) is 0 Å². The first kappa shape index (κ1) is 15.4. The molecule has 1 saturated heterocycles. The molecule has 1 rings (SSSR count). The zero-order chi connectivity index (χ0) is 13.2. The number of likely N-dealkylation sites (N-methyl/N-ethyl adjacent to an activating group) is 1. The highest BCUT2D eigenvalue weighted by Gasteiger charge is 2.14. The lowest BCUT2D eigenvalue weighted by molar-refractivity contribution is 0.116. The third kappa shape index (κ3) is 6.31. The van der Waals surface area contributed by atoms with Gasteiger partial charge in [0.05, 0.1) is 12.7 Å². The van der Waals surface area contributed by atoms with Gasteiger partial charge >= 0.3 is 0 Å². The summed E-state index contributed by atoms with van der Waals surface area (Å²) in [5.41, 5.74) is 0. The molecule has 0 aromatic rings. The Bertz CT molecular complexity index is 246. The fourth-order valence-electron chi connectivity index (χ4n) is 2.12. The molecule has 0 atom stereocenters. The van der Waals surface area contributed by atoms with E-state index in [4.69, 9.17) is 10.00 Å². The summed E-state index contributed by atoms with van der Waals surface area (Å²) in [4.78, 5) is 7.20. The van der Waals surface area contributed by atoms with Crippen LogP contribution in [0, 0.1) is 11.3 Å². The second-order valence-electron chi connectivity index (χ2n) is 4.89. The minimum absolute atomic E-state index is 0.604. The summed E-state index contributed by atoms with van der Waals surface area (Å²) < 4.78 is 5.11. The molecule has 18 heavy (non-hydrogen) atoms. The largest absolute Gasteiger partial charge is 0.383 e. The number of methoxy groups -OCH3 is 1. The number of nitrogens with zero attached hydrogens (tertiary/aromatic N) is 4. The summed E-state index contributed by atoms with van der Waals surface area (Å²) in [7, 11) is 3.90. The summed E-state index contributed by atoms with van der Waals surface area (Å²) >= 11 is 0. The molecule has 1 fully saturated rings. The van der Waals surface area contributed by atoms with Crippen molar-refractivity contribution < 1.29 is 4.74 Å². The number of piperazine rings is 1. The van der Waals surface area contributed by atoms with Gasteiger partial charge in [0.1, 0.15) is 0 Å². The molecule has 0 bridgehead atoms. The van der Waals surface area contributed by atoms with Crippen molar-refractivity contribution >= 4 is 0 Å². The van der Waals surface area contributed by atoms with Crippen LogP contribution in [0.4, 0.5) is 0 Å². The molecule has 1 heterocycles. The van der Waals surface area contributed by atoms with Gasteiger partial charge < -0.3 is 9.64 Å². The van der Waals surface area contributed by atoms with E-state index in [0.29, 0.717) is 6.42 Å². The lowest BCUT2D eigenvalue weighted by Crippen LogP contribution is -2.47. The Morgan fingerprint density at radius 1 is 1.17 bits per heavy atom. The minimum Gasteiger partial charge on any atom is -0.383 e. The molecule has 0 unspecified atom stereocenters. The summed E-state index contributed by atoms with van der Waals surface area (Å²) in [6.45, 7) is 9.30. The first-order chi connectivity index (χ1) is 8.76. The van der Waals surface area contributed by atoms with Gasteiger partial charge in [-0.1, -0.05) is 0 Å². The normalized spacial score (nSPS) is 18.1. The molecule has 0 amide bonds. The maximum atomic E-state index is 8.66. The van der Waals surface area contributed by atoms with Crippen LogP contribution in [0.5, 0.6) is 0 Å². The first-order valence-electron chi connectivity index (χ1n) is 6.75. The topological polar surface area (TPSA) is 42.7 Å². The molecular formula is C13H26N4O. The van der Waals surface area contributed by atoms with Crippen molar-refractivity contribution in [3.8, 4) is 6.07 Å². The van der Waals surface area contributed by atoms with Gasteiger partial charge in [0.25, 0.3) is 0 Å². The van der Waals surface area contributed by atoms with Crippen LogP contribution in [0.25, 0.3) is 0 Å². The summed E-state index contributed by atoms with van der Waals surface area (Å²) in [6, 6.07) is 2.22. The first-order valence-corrected chi connectivity index (χ1v) is 6.75. The van der Waals surface area contributed by atoms with Crippen molar-refractivity contribution in [2.45, 2.75) is 6.42 Å². The van der Waals surface area contributed by atoms with Crippen molar-refractivity contribution in [1.82, 2.24) is 14.7 Å². The van der Waals surface area contributed by atoms with Gasteiger partial charge in [-0.3, -0.25) is 9.80 Å². The molecule has 0 aliphatic carbocycles. The van der Waals surface area contributed by atoms with Crippen LogP contribution in [0.3, 0.4) is 0 Å². The van der Waals surface area contributed by atoms with Crippen molar-refractivity contribution in [2.75, 3.05) is 73.1 Å². The predicted octanol–water partition coefficient (Wildman–Crippen LogP) is 0.0959. The third-order valence-electron chi connectivity index (χ3n) is 3.48. The molecule has 0 aromatic carbocycles. The number of hydrogen-bond donors (Lipinski definition) is 0. The quantitative estimate of drug-likeness (QED) is 0.614. The second kappa shape index (κ2) is 9.29. The Kier molecular flexibility index (Phi) is 7.94. The monoisotopic (exact) mass is 254 g/mol. The van der Waals surface area contributed by atoms with Crippen LogP contribution >= 0.6 is 0 Å². The molecule has 5 heteroatoms. The Balaban J connectivity index is 2.20. The van der Waals surface area contributed by atoms with Gasteiger partial charge in [0.2, 0.25) is 0 Å². The van der Waals surface area contributed by atoms with E-state index in [0.717, 1.165) is 59.0 Å². The van der Waals surface area contributed by atoms with Crippen LogP contribution in [0.15, 0.2) is 0 Å². The summed E-state index contributed by atoms with van der Waals surface area (Å²) in [5, 5.41) is 8.66. The minimum atomic E-state index is 0.604. The fourth-order valence-corrected chi connectivity index (χ4v) is 2.12. The Morgan fingerprint density at radius 2 is 1.89 bits per heavy atom. The molecule has 104 valence electrons. The van der Waals surface area contributed by atoms with E-state index in [2.05, 4.69) is 27.8 Å². The molecule has 0 radical (unpaired) electrons. The van der Waals surface area contributed by atoms with E-state index in [9.17, 15) is 0 Å². The summed E-state index contributed by atoms with van der Waals surface area (Å²) in [5.74, 6) is 0. The van der Waals surface area contributed by atoms with Crippen LogP contribution < -0.4 is 0 Å². The average Bonchev–Trinajstić information content (AvgIpc) is 2.40. The smallest absolute Gasteiger partial charge is 0.0635 e. The number of hydrogen-bond acceptors (Lipinski definition) is 5. The van der Waals surface area contributed by atoms with E-state index < -0.39 is 0 Å². The van der Waals surface area contributed by atoms with Gasteiger partial charge in [0.15, 0.2) is 0 Å². The molecular weight excluding hydrogens is 228 g/mol. The molecule has 1 aliphatic heterocycles. The third-order valence-corrected chi connectivity index (χ3v) is 3.48. The van der Waals surface area contributed by atoms with Gasteiger partial charge in [-0.25, -0.2) is 0 Å². The van der Waals surface area contributed by atoms with Crippen LogP contribution in [0.2, 0.25) is 0 Å². The Morgan fingerprint density at radius 3 is 2.50 bits per heavy atom. The molecule has 0 saturated carbocycles. The Labute approximate surface area is 111 Å². The van der Waals surface area contributed by atoms with Crippen LogP contribution in [-0.4, -0.2) is 87.8 Å². The lowest BCUT2D eigenvalue weighted by Gasteiger charge is -2.33. The van der Waals surface area contributed by atoms with Crippen LogP contribution in [0.1, 0.15) is 6.42 Å². The molecule has 1 aliphatic rings. The fraction of sp³-hybridized carbons (Fsp3) is 0.923. The van der Waals surface area contributed by atoms with E-state index in [1.165, 1.54) is 0 Å². The highest BCUT2D eigenvalue weighted by atomic mass is 16.5.